The second-order valence-electron chi connectivity index (χ2n) is 6.13. The molecule has 2 atom stereocenters. The fraction of sp³-hybridized carbons (Fsp3) is 1.00. The number of hydrogen-bond acceptors (Lipinski definition) is 4. The summed E-state index contributed by atoms with van der Waals surface area (Å²) in [6, 6.07) is 0.358. The normalized spacial score (nSPS) is 32.4. The predicted molar refractivity (Wildman–Crippen MR) is 74.5 cm³/mol. The molecule has 2 aliphatic rings. The van der Waals surface area contributed by atoms with Gasteiger partial charge >= 0.3 is 0 Å². The van der Waals surface area contributed by atoms with Crippen LogP contribution in [0.3, 0.4) is 0 Å². The zero-order valence-corrected chi connectivity index (χ0v) is 12.4. The van der Waals surface area contributed by atoms with E-state index < -0.39 is 9.84 Å². The maximum atomic E-state index is 11.8. The van der Waals surface area contributed by atoms with Crippen molar-refractivity contribution in [3.05, 3.63) is 0 Å². The molecule has 0 spiro atoms. The summed E-state index contributed by atoms with van der Waals surface area (Å²) in [5, 5.41) is 3.47. The predicted octanol–water partition coefficient (Wildman–Crippen LogP) is 0.884. The van der Waals surface area contributed by atoms with Gasteiger partial charge in [0.15, 0.2) is 9.84 Å². The fourth-order valence-electron chi connectivity index (χ4n) is 3.01. The first-order valence-corrected chi connectivity index (χ1v) is 8.98. The van der Waals surface area contributed by atoms with Gasteiger partial charge in [0.2, 0.25) is 0 Å². The Hall–Kier alpha value is -0.130. The maximum Gasteiger partial charge on any atom is 0.153 e. The van der Waals surface area contributed by atoms with E-state index in [1.54, 1.807) is 0 Å². The Morgan fingerprint density at radius 3 is 2.50 bits per heavy atom. The molecule has 2 saturated heterocycles. The van der Waals surface area contributed by atoms with Gasteiger partial charge in [-0.2, -0.15) is 0 Å². The molecule has 0 aromatic rings. The molecule has 0 saturated carbocycles. The molecule has 0 unspecified atom stereocenters. The van der Waals surface area contributed by atoms with E-state index in [0.717, 1.165) is 26.1 Å². The van der Waals surface area contributed by atoms with Crippen molar-refractivity contribution in [2.24, 2.45) is 5.92 Å². The van der Waals surface area contributed by atoms with E-state index in [4.69, 9.17) is 0 Å². The number of nitrogens with zero attached hydrogens (tertiary/aromatic N) is 1. The third-order valence-electron chi connectivity index (χ3n) is 4.06. The van der Waals surface area contributed by atoms with Crippen LogP contribution >= 0.6 is 0 Å². The van der Waals surface area contributed by atoms with E-state index in [9.17, 15) is 8.42 Å². The van der Waals surface area contributed by atoms with Crippen LogP contribution < -0.4 is 5.32 Å². The highest BCUT2D eigenvalue weighted by Gasteiger charge is 2.41. The molecule has 2 fully saturated rings. The molecular formula is C13H26N2O2S. The first-order chi connectivity index (χ1) is 8.48. The van der Waals surface area contributed by atoms with Crippen LogP contribution in [0, 0.1) is 5.92 Å². The van der Waals surface area contributed by atoms with Crippen molar-refractivity contribution in [1.82, 2.24) is 10.2 Å². The van der Waals surface area contributed by atoms with Gasteiger partial charge < -0.3 is 5.32 Å². The van der Waals surface area contributed by atoms with E-state index in [2.05, 4.69) is 24.1 Å². The van der Waals surface area contributed by atoms with Crippen molar-refractivity contribution < 1.29 is 8.42 Å². The molecule has 0 aliphatic carbocycles. The van der Waals surface area contributed by atoms with Gasteiger partial charge in [-0.3, -0.25) is 4.90 Å². The summed E-state index contributed by atoms with van der Waals surface area (Å²) in [7, 11) is -2.84. The fourth-order valence-corrected chi connectivity index (χ4v) is 5.00. The van der Waals surface area contributed by atoms with Gasteiger partial charge in [-0.15, -0.1) is 0 Å². The average molecular weight is 274 g/mol. The van der Waals surface area contributed by atoms with Crippen LogP contribution in [-0.4, -0.2) is 56.5 Å². The summed E-state index contributed by atoms with van der Waals surface area (Å²) in [5.41, 5.74) is 0. The summed E-state index contributed by atoms with van der Waals surface area (Å²) in [6.07, 6.45) is 3.55. The van der Waals surface area contributed by atoms with Crippen molar-refractivity contribution in [2.75, 3.05) is 31.1 Å². The van der Waals surface area contributed by atoms with Gasteiger partial charge in [0.25, 0.3) is 0 Å². The SMILES string of the molecule is CC(C)CCN[C@H]1CS(=O)(=O)C[C@H]1N1CCCC1. The largest absolute Gasteiger partial charge is 0.311 e. The second-order valence-corrected chi connectivity index (χ2v) is 8.28. The van der Waals surface area contributed by atoms with Crippen LogP contribution in [0.25, 0.3) is 0 Å². The Bertz CT molecular complexity index is 361. The summed E-state index contributed by atoms with van der Waals surface area (Å²) in [6.45, 7) is 7.48. The Morgan fingerprint density at radius 1 is 1.22 bits per heavy atom. The highest BCUT2D eigenvalue weighted by molar-refractivity contribution is 7.91. The van der Waals surface area contributed by atoms with E-state index in [0.29, 0.717) is 17.4 Å². The molecular weight excluding hydrogens is 248 g/mol. The number of hydrogen-bond donors (Lipinski definition) is 1. The smallest absolute Gasteiger partial charge is 0.153 e. The zero-order chi connectivity index (χ0) is 13.2. The van der Waals surface area contributed by atoms with Gasteiger partial charge in [-0.25, -0.2) is 8.42 Å². The minimum atomic E-state index is -2.84. The van der Waals surface area contributed by atoms with Crippen molar-refractivity contribution in [3.63, 3.8) is 0 Å². The van der Waals surface area contributed by atoms with Crippen molar-refractivity contribution >= 4 is 9.84 Å². The summed E-state index contributed by atoms with van der Waals surface area (Å²) >= 11 is 0. The van der Waals surface area contributed by atoms with Crippen LogP contribution in [-0.2, 0) is 9.84 Å². The van der Waals surface area contributed by atoms with Gasteiger partial charge in [-0.05, 0) is 44.8 Å². The van der Waals surface area contributed by atoms with Crippen LogP contribution in [0.15, 0.2) is 0 Å². The molecule has 1 N–H and O–H groups in total. The van der Waals surface area contributed by atoms with E-state index in [1.807, 2.05) is 0 Å². The number of sulfone groups is 1. The van der Waals surface area contributed by atoms with Crippen molar-refractivity contribution in [3.8, 4) is 0 Å². The number of likely N-dealkylation sites (tertiary alicyclic amines) is 1. The minimum Gasteiger partial charge on any atom is -0.311 e. The Labute approximate surface area is 111 Å². The lowest BCUT2D eigenvalue weighted by Gasteiger charge is -2.28. The minimum absolute atomic E-state index is 0.145. The highest BCUT2D eigenvalue weighted by atomic mass is 32.2. The Morgan fingerprint density at radius 2 is 1.89 bits per heavy atom. The van der Waals surface area contributed by atoms with Crippen molar-refractivity contribution in [1.29, 1.82) is 0 Å². The Kier molecular flexibility index (Phi) is 4.67. The highest BCUT2D eigenvalue weighted by Crippen LogP contribution is 2.22. The summed E-state index contributed by atoms with van der Waals surface area (Å²) in [5.74, 6) is 1.35. The molecule has 0 amide bonds. The van der Waals surface area contributed by atoms with Gasteiger partial charge in [0, 0.05) is 12.1 Å². The molecule has 0 aromatic heterocycles. The Balaban J connectivity index is 1.92. The van der Waals surface area contributed by atoms with Gasteiger partial charge in [0.1, 0.15) is 0 Å². The molecule has 2 aliphatic heterocycles. The molecule has 106 valence electrons. The topological polar surface area (TPSA) is 49.4 Å². The van der Waals surface area contributed by atoms with E-state index in [-0.39, 0.29) is 12.1 Å². The molecule has 18 heavy (non-hydrogen) atoms. The lowest BCUT2D eigenvalue weighted by molar-refractivity contribution is 0.225. The third kappa shape index (κ3) is 3.68. The second kappa shape index (κ2) is 5.88. The zero-order valence-electron chi connectivity index (χ0n) is 11.6. The standard InChI is InChI=1S/C13H26N2O2S/c1-11(2)5-6-14-12-9-18(16,17)10-13(12)15-7-3-4-8-15/h11-14H,3-10H2,1-2H3/t12-,13+/m0/s1. The monoisotopic (exact) mass is 274 g/mol. The summed E-state index contributed by atoms with van der Waals surface area (Å²) < 4.78 is 23.7. The quantitative estimate of drug-likeness (QED) is 0.809. The first kappa shape index (κ1) is 14.3. The molecule has 2 heterocycles. The first-order valence-electron chi connectivity index (χ1n) is 7.16. The molecule has 5 heteroatoms. The lowest BCUT2D eigenvalue weighted by atomic mass is 10.1. The maximum absolute atomic E-state index is 11.8. The van der Waals surface area contributed by atoms with Crippen LogP contribution in [0.4, 0.5) is 0 Å². The van der Waals surface area contributed by atoms with Crippen LogP contribution in [0.1, 0.15) is 33.1 Å². The van der Waals surface area contributed by atoms with Gasteiger partial charge in [0.05, 0.1) is 11.5 Å². The molecule has 2 rings (SSSR count). The number of nitrogens with one attached hydrogen (secondary N) is 1. The molecule has 0 bridgehead atoms. The lowest BCUT2D eigenvalue weighted by Crippen LogP contribution is -2.48. The molecule has 4 nitrogen and oxygen atoms in total. The van der Waals surface area contributed by atoms with E-state index in [1.165, 1.54) is 12.8 Å². The van der Waals surface area contributed by atoms with Gasteiger partial charge in [-0.1, -0.05) is 13.8 Å². The molecule has 0 radical (unpaired) electrons. The van der Waals surface area contributed by atoms with E-state index >= 15 is 0 Å². The summed E-state index contributed by atoms with van der Waals surface area (Å²) in [4.78, 5) is 2.37. The number of rotatable bonds is 5. The molecule has 0 aromatic carbocycles. The third-order valence-corrected chi connectivity index (χ3v) is 5.78. The van der Waals surface area contributed by atoms with Crippen molar-refractivity contribution in [2.45, 2.75) is 45.2 Å². The average Bonchev–Trinajstić information content (AvgIpc) is 2.84. The van der Waals surface area contributed by atoms with Crippen LogP contribution in [0.2, 0.25) is 0 Å². The van der Waals surface area contributed by atoms with Crippen LogP contribution in [0.5, 0.6) is 0 Å².